The van der Waals surface area contributed by atoms with Gasteiger partial charge in [-0.05, 0) is 31.0 Å². The van der Waals surface area contributed by atoms with E-state index >= 15 is 0 Å². The number of pyridine rings is 1. The van der Waals surface area contributed by atoms with Crippen molar-refractivity contribution in [1.29, 1.82) is 0 Å². The normalized spacial score (nSPS) is 15.5. The van der Waals surface area contributed by atoms with Gasteiger partial charge in [0.2, 0.25) is 0 Å². The number of fused-ring (bicyclic) bond motifs is 1. The summed E-state index contributed by atoms with van der Waals surface area (Å²) < 4.78 is 7.29. The summed E-state index contributed by atoms with van der Waals surface area (Å²) in [4.78, 5) is 8.57. The Labute approximate surface area is 140 Å². The molecule has 1 fully saturated rings. The molecule has 0 spiro atoms. The summed E-state index contributed by atoms with van der Waals surface area (Å²) in [7, 11) is 1.65. The van der Waals surface area contributed by atoms with E-state index in [2.05, 4.69) is 15.3 Å². The highest BCUT2D eigenvalue weighted by Crippen LogP contribution is 2.29. The zero-order valence-corrected chi connectivity index (χ0v) is 13.8. The Bertz CT molecular complexity index is 838. The van der Waals surface area contributed by atoms with Crippen LogP contribution in [0, 0.1) is 0 Å². The van der Waals surface area contributed by atoms with Crippen LogP contribution in [-0.4, -0.2) is 32.7 Å². The van der Waals surface area contributed by atoms with E-state index in [4.69, 9.17) is 9.84 Å². The number of rotatable bonds is 4. The maximum Gasteiger partial charge on any atom is 0.154 e. The lowest BCUT2D eigenvalue weighted by Gasteiger charge is -2.23. The van der Waals surface area contributed by atoms with Crippen LogP contribution in [0.15, 0.2) is 36.8 Å². The van der Waals surface area contributed by atoms with Gasteiger partial charge in [0.05, 0.1) is 25.2 Å². The molecule has 0 atom stereocenters. The Morgan fingerprint density at radius 1 is 1.12 bits per heavy atom. The molecule has 3 aromatic heterocycles. The second-order valence-corrected chi connectivity index (χ2v) is 6.19. The van der Waals surface area contributed by atoms with Crippen LogP contribution in [-0.2, 0) is 0 Å². The minimum atomic E-state index is 0.520. The van der Waals surface area contributed by atoms with Gasteiger partial charge < -0.3 is 10.1 Å². The third kappa shape index (κ3) is 2.79. The number of ether oxygens (including phenoxy) is 1. The number of nitrogens with zero attached hydrogens (tertiary/aromatic N) is 4. The minimum absolute atomic E-state index is 0.520. The Morgan fingerprint density at radius 3 is 2.83 bits per heavy atom. The second kappa shape index (κ2) is 6.47. The first-order chi connectivity index (χ1) is 11.8. The van der Waals surface area contributed by atoms with Gasteiger partial charge in [-0.2, -0.15) is 0 Å². The largest absolute Gasteiger partial charge is 0.494 e. The third-order valence-corrected chi connectivity index (χ3v) is 4.60. The van der Waals surface area contributed by atoms with Gasteiger partial charge in [-0.3, -0.25) is 4.98 Å². The first-order valence-corrected chi connectivity index (χ1v) is 8.45. The van der Waals surface area contributed by atoms with Crippen LogP contribution >= 0.6 is 0 Å². The lowest BCUT2D eigenvalue weighted by Crippen LogP contribution is -2.23. The first-order valence-electron chi connectivity index (χ1n) is 8.45. The Balaban J connectivity index is 1.70. The van der Waals surface area contributed by atoms with Crippen molar-refractivity contribution in [2.45, 2.75) is 38.1 Å². The van der Waals surface area contributed by atoms with E-state index in [0.717, 1.165) is 22.7 Å². The van der Waals surface area contributed by atoms with E-state index in [0.29, 0.717) is 11.8 Å². The monoisotopic (exact) mass is 323 g/mol. The summed E-state index contributed by atoms with van der Waals surface area (Å²) in [6, 6.07) is 6.44. The van der Waals surface area contributed by atoms with Crippen molar-refractivity contribution in [3.05, 3.63) is 36.8 Å². The topological polar surface area (TPSA) is 64.3 Å². The van der Waals surface area contributed by atoms with Crippen LogP contribution in [0.2, 0.25) is 0 Å². The molecule has 0 aromatic carbocycles. The molecule has 0 saturated heterocycles. The number of anilines is 1. The lowest BCUT2D eigenvalue weighted by atomic mass is 9.95. The van der Waals surface area contributed by atoms with Crippen LogP contribution in [0.25, 0.3) is 16.9 Å². The smallest absolute Gasteiger partial charge is 0.154 e. The molecule has 3 aromatic rings. The molecule has 0 aliphatic heterocycles. The Morgan fingerprint density at radius 2 is 2.00 bits per heavy atom. The molecule has 1 aliphatic rings. The van der Waals surface area contributed by atoms with Crippen LogP contribution in [0.1, 0.15) is 32.1 Å². The maximum atomic E-state index is 5.42. The van der Waals surface area contributed by atoms with E-state index < -0.39 is 0 Å². The van der Waals surface area contributed by atoms with Gasteiger partial charge in [-0.15, -0.1) is 5.10 Å². The van der Waals surface area contributed by atoms with E-state index in [-0.39, 0.29) is 0 Å². The van der Waals surface area contributed by atoms with Gasteiger partial charge >= 0.3 is 0 Å². The van der Waals surface area contributed by atoms with Gasteiger partial charge in [0.25, 0.3) is 0 Å². The Kier molecular flexibility index (Phi) is 4.02. The quantitative estimate of drug-likeness (QED) is 0.795. The molecule has 0 amide bonds. The summed E-state index contributed by atoms with van der Waals surface area (Å²) in [6.45, 7) is 0. The highest BCUT2D eigenvalue weighted by atomic mass is 16.5. The average Bonchev–Trinajstić information content (AvgIpc) is 3.05. The van der Waals surface area contributed by atoms with E-state index in [1.807, 2.05) is 28.9 Å². The van der Waals surface area contributed by atoms with Gasteiger partial charge in [0.15, 0.2) is 5.65 Å². The molecule has 6 nitrogen and oxygen atoms in total. The van der Waals surface area contributed by atoms with Gasteiger partial charge in [0.1, 0.15) is 11.6 Å². The van der Waals surface area contributed by atoms with Crippen molar-refractivity contribution < 1.29 is 4.74 Å². The number of hydrogen-bond donors (Lipinski definition) is 1. The fraction of sp³-hybridized carbons (Fsp3) is 0.389. The summed E-state index contributed by atoms with van der Waals surface area (Å²) in [5.41, 5.74) is 2.65. The van der Waals surface area contributed by atoms with E-state index in [1.54, 1.807) is 19.5 Å². The number of nitrogens with one attached hydrogen (secondary N) is 1. The molecule has 6 heteroatoms. The van der Waals surface area contributed by atoms with Crippen LogP contribution < -0.4 is 10.1 Å². The van der Waals surface area contributed by atoms with Gasteiger partial charge in [0, 0.05) is 17.8 Å². The predicted octanol–water partition coefficient (Wildman–Crippen LogP) is 3.54. The summed E-state index contributed by atoms with van der Waals surface area (Å²) in [5.74, 6) is 1.61. The lowest BCUT2D eigenvalue weighted by molar-refractivity contribution is 0.414. The predicted molar refractivity (Wildman–Crippen MR) is 93.3 cm³/mol. The van der Waals surface area contributed by atoms with E-state index in [9.17, 15) is 0 Å². The number of aromatic nitrogens is 4. The molecule has 1 saturated carbocycles. The SMILES string of the molecule is COc1cnccc1-c1cnc2ccc(NC3CCCCC3)nn12. The van der Waals surface area contributed by atoms with Crippen molar-refractivity contribution in [2.24, 2.45) is 0 Å². The van der Waals surface area contributed by atoms with Crippen molar-refractivity contribution in [3.63, 3.8) is 0 Å². The van der Waals surface area contributed by atoms with Crippen LogP contribution in [0.3, 0.4) is 0 Å². The third-order valence-electron chi connectivity index (χ3n) is 4.60. The van der Waals surface area contributed by atoms with Crippen LogP contribution in [0.4, 0.5) is 5.82 Å². The fourth-order valence-electron chi connectivity index (χ4n) is 3.34. The van der Waals surface area contributed by atoms with Crippen molar-refractivity contribution in [3.8, 4) is 17.0 Å². The molecule has 124 valence electrons. The molecular weight excluding hydrogens is 302 g/mol. The van der Waals surface area contributed by atoms with Crippen molar-refractivity contribution >= 4 is 11.5 Å². The molecule has 0 radical (unpaired) electrons. The molecule has 1 aliphatic carbocycles. The van der Waals surface area contributed by atoms with Crippen LogP contribution in [0.5, 0.6) is 5.75 Å². The molecule has 1 N–H and O–H groups in total. The standard InChI is InChI=1S/C18H21N5O/c1-24-16-12-19-10-9-14(16)15-11-20-18-8-7-17(22-23(15)18)21-13-5-3-2-4-6-13/h7-13H,2-6H2,1H3,(H,21,22). The fourth-order valence-corrected chi connectivity index (χ4v) is 3.34. The van der Waals surface area contributed by atoms with Gasteiger partial charge in [-0.25, -0.2) is 9.50 Å². The van der Waals surface area contributed by atoms with Crippen molar-refractivity contribution in [1.82, 2.24) is 19.6 Å². The minimum Gasteiger partial charge on any atom is -0.494 e. The zero-order chi connectivity index (χ0) is 16.4. The molecular formula is C18H21N5O. The van der Waals surface area contributed by atoms with E-state index in [1.165, 1.54) is 32.1 Å². The highest BCUT2D eigenvalue weighted by Gasteiger charge is 2.15. The number of methoxy groups -OCH3 is 1. The number of imidazole rings is 1. The summed E-state index contributed by atoms with van der Waals surface area (Å²) >= 11 is 0. The molecule has 4 rings (SSSR count). The van der Waals surface area contributed by atoms with Crippen molar-refractivity contribution in [2.75, 3.05) is 12.4 Å². The average molecular weight is 323 g/mol. The molecule has 0 bridgehead atoms. The van der Waals surface area contributed by atoms with Gasteiger partial charge in [-0.1, -0.05) is 19.3 Å². The highest BCUT2D eigenvalue weighted by molar-refractivity contribution is 5.69. The molecule has 24 heavy (non-hydrogen) atoms. The summed E-state index contributed by atoms with van der Waals surface area (Å²) in [5, 5.41) is 8.31. The zero-order valence-electron chi connectivity index (χ0n) is 13.8. The molecule has 3 heterocycles. The number of hydrogen-bond acceptors (Lipinski definition) is 5. The Hall–Kier alpha value is -2.63. The second-order valence-electron chi connectivity index (χ2n) is 6.19. The maximum absolute atomic E-state index is 5.42. The summed E-state index contributed by atoms with van der Waals surface area (Å²) in [6.07, 6.45) is 11.7. The molecule has 0 unspecified atom stereocenters. The first kappa shape index (κ1) is 14.9.